The monoisotopic (exact) mass is 544 g/mol. The van der Waals surface area contributed by atoms with Gasteiger partial charge in [0.25, 0.3) is 0 Å². The van der Waals surface area contributed by atoms with E-state index in [-0.39, 0.29) is 11.8 Å². The first-order valence-electron chi connectivity index (χ1n) is 13.0. The van der Waals surface area contributed by atoms with Crippen LogP contribution in [0.1, 0.15) is 57.6 Å². The predicted molar refractivity (Wildman–Crippen MR) is 154 cm³/mol. The highest BCUT2D eigenvalue weighted by molar-refractivity contribution is 5.78. The Morgan fingerprint density at radius 1 is 0.675 bits per heavy atom. The van der Waals surface area contributed by atoms with E-state index in [2.05, 4.69) is 0 Å². The molecule has 4 nitrogen and oxygen atoms in total. The summed E-state index contributed by atoms with van der Waals surface area (Å²) >= 11 is 0. The van der Waals surface area contributed by atoms with Crippen LogP contribution in [-0.4, -0.2) is 22.6 Å². The first-order valence-corrected chi connectivity index (χ1v) is 13.0. The Hall–Kier alpha value is -4.32. The molecule has 0 bridgehead atoms. The van der Waals surface area contributed by atoms with Crippen LogP contribution >= 0.6 is 0 Å². The van der Waals surface area contributed by atoms with Gasteiger partial charge in [-0.3, -0.25) is 9.59 Å². The summed E-state index contributed by atoms with van der Waals surface area (Å²) in [7, 11) is 0. The lowest BCUT2D eigenvalue weighted by Gasteiger charge is -2.22. The topological polar surface area (TPSA) is 63.6 Å². The maximum absolute atomic E-state index is 14.3. The van der Waals surface area contributed by atoms with Gasteiger partial charge in [0.1, 0.15) is 17.2 Å². The fourth-order valence-electron chi connectivity index (χ4n) is 3.97. The molecule has 0 aliphatic carbocycles. The minimum absolute atomic E-state index is 0.334. The molecule has 0 spiro atoms. The van der Waals surface area contributed by atoms with Crippen LogP contribution in [0.5, 0.6) is 0 Å². The van der Waals surface area contributed by atoms with Gasteiger partial charge >= 0.3 is 11.9 Å². The van der Waals surface area contributed by atoms with Gasteiger partial charge in [0.05, 0.1) is 11.8 Å². The second-order valence-corrected chi connectivity index (χ2v) is 10.5. The summed E-state index contributed by atoms with van der Waals surface area (Å²) in [5, 5.41) is 8.89. The van der Waals surface area contributed by atoms with Crippen molar-refractivity contribution in [3.63, 3.8) is 0 Å². The largest absolute Gasteiger partial charge is 0.481 e. The summed E-state index contributed by atoms with van der Waals surface area (Å²) in [5.41, 5.74) is 3.15. The lowest BCUT2D eigenvalue weighted by Crippen LogP contribution is -2.26. The van der Waals surface area contributed by atoms with Crippen molar-refractivity contribution >= 4 is 11.9 Å². The molecule has 0 heterocycles. The Kier molecular flexibility index (Phi) is 9.94. The normalized spacial score (nSPS) is 12.5. The van der Waals surface area contributed by atoms with Crippen LogP contribution < -0.4 is 0 Å². The lowest BCUT2D eigenvalue weighted by molar-refractivity contribution is -0.156. The van der Waals surface area contributed by atoms with Crippen LogP contribution in [0.3, 0.4) is 0 Å². The van der Waals surface area contributed by atoms with E-state index in [0.29, 0.717) is 22.3 Å². The number of rotatable bonds is 6. The maximum atomic E-state index is 14.3. The maximum Gasteiger partial charge on any atom is 0.313 e. The van der Waals surface area contributed by atoms with E-state index in [1.165, 1.54) is 12.1 Å². The molecule has 0 amide bonds. The fraction of sp³-hybridized carbons (Fsp3) is 0.235. The molecular formula is C34H34F2O4. The van der Waals surface area contributed by atoms with E-state index in [1.54, 1.807) is 38.1 Å². The molecule has 0 unspecified atom stereocenters. The molecule has 1 N–H and O–H groups in total. The third-order valence-electron chi connectivity index (χ3n) is 6.29. The van der Waals surface area contributed by atoms with Crippen molar-refractivity contribution in [3.8, 4) is 22.3 Å². The number of hydrogen-bond donors (Lipinski definition) is 1. The quantitative estimate of drug-likeness (QED) is 0.247. The van der Waals surface area contributed by atoms with Crippen LogP contribution in [0.2, 0.25) is 0 Å². The Labute approximate surface area is 234 Å². The molecule has 0 saturated carbocycles. The number of carboxylic acids is 1. The van der Waals surface area contributed by atoms with Crippen molar-refractivity contribution in [1.29, 1.82) is 0 Å². The number of ether oxygens (including phenoxy) is 1. The molecule has 0 radical (unpaired) electrons. The fourth-order valence-corrected chi connectivity index (χ4v) is 3.97. The summed E-state index contributed by atoms with van der Waals surface area (Å²) in [6, 6.07) is 28.0. The second-order valence-electron chi connectivity index (χ2n) is 10.5. The number of benzene rings is 4. The van der Waals surface area contributed by atoms with E-state index in [4.69, 9.17) is 9.84 Å². The molecule has 0 fully saturated rings. The van der Waals surface area contributed by atoms with Crippen molar-refractivity contribution < 1.29 is 28.2 Å². The molecule has 0 aromatic heterocycles. The summed E-state index contributed by atoms with van der Waals surface area (Å²) in [6.07, 6.45) is 0. The minimum Gasteiger partial charge on any atom is -0.481 e. The van der Waals surface area contributed by atoms with Gasteiger partial charge in [0.15, 0.2) is 0 Å². The van der Waals surface area contributed by atoms with E-state index in [1.807, 2.05) is 81.4 Å². The van der Waals surface area contributed by atoms with Crippen LogP contribution in [0.15, 0.2) is 97.1 Å². The number of aliphatic carboxylic acids is 1. The first kappa shape index (κ1) is 30.2. The SMILES string of the molecule is C[C@H](C(=O)O)c1ccc(-c2ccccc2)c(F)c1.C[C@H](C(=O)OC(C)(C)C)c1ccc(-c2ccccc2)c(F)c1. The summed E-state index contributed by atoms with van der Waals surface area (Å²) in [4.78, 5) is 22.9. The number of halogens is 2. The molecule has 4 rings (SSSR count). The van der Waals surface area contributed by atoms with Gasteiger partial charge in [-0.2, -0.15) is 0 Å². The van der Waals surface area contributed by atoms with Crippen molar-refractivity contribution in [2.45, 2.75) is 52.1 Å². The van der Waals surface area contributed by atoms with Crippen molar-refractivity contribution in [1.82, 2.24) is 0 Å². The number of carboxylic acid groups (broad SMARTS) is 1. The summed E-state index contributed by atoms with van der Waals surface area (Å²) in [6.45, 7) is 8.72. The molecule has 4 aromatic carbocycles. The van der Waals surface area contributed by atoms with E-state index < -0.39 is 29.2 Å². The van der Waals surface area contributed by atoms with Crippen LogP contribution in [0, 0.1) is 11.6 Å². The summed E-state index contributed by atoms with van der Waals surface area (Å²) in [5.74, 6) is -3.24. The molecule has 6 heteroatoms. The van der Waals surface area contributed by atoms with E-state index in [0.717, 1.165) is 11.1 Å². The predicted octanol–water partition coefficient (Wildman–Crippen LogP) is 8.62. The Balaban J connectivity index is 0.000000225. The van der Waals surface area contributed by atoms with Gasteiger partial charge in [0.2, 0.25) is 0 Å². The highest BCUT2D eigenvalue weighted by atomic mass is 19.1. The van der Waals surface area contributed by atoms with Crippen molar-refractivity contribution in [3.05, 3.63) is 120 Å². The highest BCUT2D eigenvalue weighted by Crippen LogP contribution is 2.28. The third kappa shape index (κ3) is 8.09. The second kappa shape index (κ2) is 13.2. The van der Waals surface area contributed by atoms with Crippen molar-refractivity contribution in [2.24, 2.45) is 0 Å². The highest BCUT2D eigenvalue weighted by Gasteiger charge is 2.23. The Bertz CT molecular complexity index is 1440. The van der Waals surface area contributed by atoms with E-state index in [9.17, 15) is 18.4 Å². The van der Waals surface area contributed by atoms with Gasteiger partial charge in [-0.15, -0.1) is 0 Å². The third-order valence-corrected chi connectivity index (χ3v) is 6.29. The number of esters is 1. The zero-order chi connectivity index (χ0) is 29.4. The molecule has 40 heavy (non-hydrogen) atoms. The average Bonchev–Trinajstić information content (AvgIpc) is 2.92. The zero-order valence-electron chi connectivity index (χ0n) is 23.3. The molecule has 0 saturated heterocycles. The molecule has 0 aliphatic rings. The van der Waals surface area contributed by atoms with Crippen LogP contribution in [0.25, 0.3) is 22.3 Å². The van der Waals surface area contributed by atoms with E-state index >= 15 is 0 Å². The number of carbonyl (C=O) groups excluding carboxylic acids is 1. The molecule has 4 aromatic rings. The first-order chi connectivity index (χ1) is 18.9. The van der Waals surface area contributed by atoms with Gasteiger partial charge in [-0.05, 0) is 69.0 Å². The van der Waals surface area contributed by atoms with Gasteiger partial charge in [-0.1, -0.05) is 84.9 Å². The molecule has 0 aliphatic heterocycles. The Morgan fingerprint density at radius 2 is 1.07 bits per heavy atom. The zero-order valence-corrected chi connectivity index (χ0v) is 23.3. The average molecular weight is 545 g/mol. The van der Waals surface area contributed by atoms with Crippen LogP contribution in [-0.2, 0) is 14.3 Å². The number of hydrogen-bond acceptors (Lipinski definition) is 3. The smallest absolute Gasteiger partial charge is 0.313 e. The van der Waals surface area contributed by atoms with Crippen LogP contribution in [0.4, 0.5) is 8.78 Å². The molecular weight excluding hydrogens is 510 g/mol. The minimum atomic E-state index is -0.957. The van der Waals surface area contributed by atoms with Gasteiger partial charge < -0.3 is 9.84 Å². The lowest BCUT2D eigenvalue weighted by atomic mass is 9.97. The van der Waals surface area contributed by atoms with Crippen molar-refractivity contribution in [2.75, 3.05) is 0 Å². The summed E-state index contributed by atoms with van der Waals surface area (Å²) < 4.78 is 33.7. The molecule has 208 valence electrons. The molecule has 2 atom stereocenters. The standard InChI is InChI=1S/C19H21FO2.C15H13FO2/c1-13(18(21)22-19(2,3)4)15-10-11-16(17(20)12-15)14-8-6-5-7-9-14;1-10(15(17)18)12-7-8-13(14(16)9-12)11-5-3-2-4-6-11/h5-13H,1-4H3;2-10H,1H3,(H,17,18)/t13-;10-/m00/s1. The van der Waals surface area contributed by atoms with Gasteiger partial charge in [-0.25, -0.2) is 8.78 Å². The number of carbonyl (C=O) groups is 2. The Morgan fingerprint density at radius 3 is 1.43 bits per heavy atom. The van der Waals surface area contributed by atoms with Gasteiger partial charge in [0, 0.05) is 11.1 Å².